The lowest BCUT2D eigenvalue weighted by atomic mass is 10.3. The summed E-state index contributed by atoms with van der Waals surface area (Å²) in [5.41, 5.74) is 6.31. The zero-order chi connectivity index (χ0) is 12.4. The molecule has 7 heteroatoms. The van der Waals surface area contributed by atoms with Crippen LogP contribution in [0.2, 0.25) is 0 Å². The predicted molar refractivity (Wildman–Crippen MR) is 64.2 cm³/mol. The second-order valence-corrected chi connectivity index (χ2v) is 4.74. The van der Waals surface area contributed by atoms with Crippen molar-refractivity contribution in [3.8, 4) is 0 Å². The summed E-state index contributed by atoms with van der Waals surface area (Å²) in [6.07, 6.45) is 0.373. The van der Waals surface area contributed by atoms with Gasteiger partial charge in [-0.3, -0.25) is 14.5 Å². The largest absolute Gasteiger partial charge is 0.384 e. The van der Waals surface area contributed by atoms with Crippen molar-refractivity contribution in [3.63, 3.8) is 0 Å². The van der Waals surface area contributed by atoms with Crippen molar-refractivity contribution in [2.24, 2.45) is 0 Å². The molecule has 0 atom stereocenters. The van der Waals surface area contributed by atoms with Crippen LogP contribution < -0.4 is 5.73 Å². The van der Waals surface area contributed by atoms with E-state index in [1.54, 1.807) is 13.0 Å². The van der Waals surface area contributed by atoms with Gasteiger partial charge in [0.25, 0.3) is 5.24 Å². The number of aromatic nitrogens is 2. The average molecular weight is 252 g/mol. The highest BCUT2D eigenvalue weighted by Gasteiger charge is 2.27. The van der Waals surface area contributed by atoms with E-state index in [9.17, 15) is 9.59 Å². The first kappa shape index (κ1) is 11.8. The van der Waals surface area contributed by atoms with Gasteiger partial charge in [-0.1, -0.05) is 11.8 Å². The van der Waals surface area contributed by atoms with E-state index in [0.717, 1.165) is 17.5 Å². The highest BCUT2D eigenvalue weighted by atomic mass is 32.2. The molecular formula is C10H12N4O2S. The van der Waals surface area contributed by atoms with Crippen LogP contribution in [0.3, 0.4) is 0 Å². The number of thioether (sulfide) groups is 1. The lowest BCUT2D eigenvalue weighted by molar-refractivity contribution is -0.128. The molecule has 0 unspecified atom stereocenters. The average Bonchev–Trinajstić information content (AvgIpc) is 2.22. The molecule has 2 N–H and O–H groups in total. The Morgan fingerprint density at radius 3 is 2.88 bits per heavy atom. The van der Waals surface area contributed by atoms with Crippen molar-refractivity contribution in [1.29, 1.82) is 0 Å². The van der Waals surface area contributed by atoms with Gasteiger partial charge in [-0.2, -0.15) is 0 Å². The number of nitrogens with zero attached hydrogens (tertiary/aromatic N) is 3. The van der Waals surface area contributed by atoms with E-state index in [1.165, 1.54) is 4.90 Å². The van der Waals surface area contributed by atoms with Crippen molar-refractivity contribution in [1.82, 2.24) is 14.9 Å². The van der Waals surface area contributed by atoms with Crippen LogP contribution in [0, 0.1) is 6.92 Å². The molecule has 2 heterocycles. The number of carbonyl (C=O) groups is 2. The van der Waals surface area contributed by atoms with Crippen LogP contribution >= 0.6 is 11.8 Å². The Balaban J connectivity index is 2.19. The Hall–Kier alpha value is -1.63. The number of aryl methyl sites for hydroxylation is 1. The van der Waals surface area contributed by atoms with Crippen LogP contribution in [0.1, 0.15) is 17.9 Å². The molecule has 1 aliphatic heterocycles. The van der Waals surface area contributed by atoms with Gasteiger partial charge in [-0.15, -0.1) is 0 Å². The number of imide groups is 1. The number of hydrogen-bond acceptors (Lipinski definition) is 6. The third-order valence-corrected chi connectivity index (χ3v) is 3.16. The molecule has 0 spiro atoms. The first-order valence-corrected chi connectivity index (χ1v) is 6.12. The molecular weight excluding hydrogens is 240 g/mol. The lowest BCUT2D eigenvalue weighted by Crippen LogP contribution is -2.38. The quantitative estimate of drug-likeness (QED) is 0.843. The molecule has 90 valence electrons. The highest BCUT2D eigenvalue weighted by Crippen LogP contribution is 2.20. The lowest BCUT2D eigenvalue weighted by Gasteiger charge is -2.23. The number of nitrogen functional groups attached to an aromatic ring is 1. The van der Waals surface area contributed by atoms with Crippen LogP contribution in [0.4, 0.5) is 10.6 Å². The smallest absolute Gasteiger partial charge is 0.288 e. The van der Waals surface area contributed by atoms with Crippen molar-refractivity contribution in [3.05, 3.63) is 17.6 Å². The second-order valence-electron chi connectivity index (χ2n) is 3.69. The Morgan fingerprint density at radius 2 is 2.24 bits per heavy atom. The Labute approximate surface area is 103 Å². The standard InChI is InChI=1S/C10H12N4O2S/c1-6-4-7(11)13-8(12-6)5-14-9(15)2-3-17-10(14)16/h4H,2-3,5H2,1H3,(H2,11,12,13). The Bertz CT molecular complexity index is 441. The summed E-state index contributed by atoms with van der Waals surface area (Å²) in [6, 6.07) is 1.64. The van der Waals surface area contributed by atoms with Crippen molar-refractivity contribution >= 4 is 28.7 Å². The van der Waals surface area contributed by atoms with Crippen molar-refractivity contribution in [2.45, 2.75) is 19.9 Å². The molecule has 1 aromatic rings. The fraction of sp³-hybridized carbons (Fsp3) is 0.400. The maximum Gasteiger partial charge on any atom is 0.288 e. The summed E-state index contributed by atoms with van der Waals surface area (Å²) in [5, 5.41) is -0.245. The van der Waals surface area contributed by atoms with Gasteiger partial charge in [0.2, 0.25) is 5.91 Å². The van der Waals surface area contributed by atoms with Crippen LogP contribution in [0.5, 0.6) is 0 Å². The molecule has 0 aromatic carbocycles. The summed E-state index contributed by atoms with van der Waals surface area (Å²) in [5.74, 6) is 1.10. The van der Waals surface area contributed by atoms with Gasteiger partial charge in [0, 0.05) is 23.9 Å². The molecule has 2 rings (SSSR count). The second kappa shape index (κ2) is 4.70. The van der Waals surface area contributed by atoms with E-state index in [-0.39, 0.29) is 17.7 Å². The maximum atomic E-state index is 11.6. The maximum absolute atomic E-state index is 11.6. The highest BCUT2D eigenvalue weighted by molar-refractivity contribution is 8.13. The normalized spacial score (nSPS) is 16.4. The molecule has 0 aliphatic carbocycles. The molecule has 1 saturated heterocycles. The number of anilines is 1. The summed E-state index contributed by atoms with van der Waals surface area (Å²) in [7, 11) is 0. The van der Waals surface area contributed by atoms with E-state index in [1.807, 2.05) is 0 Å². The Kier molecular flexibility index (Phi) is 3.28. The zero-order valence-electron chi connectivity index (χ0n) is 9.34. The van der Waals surface area contributed by atoms with Gasteiger partial charge in [-0.05, 0) is 6.92 Å². The third kappa shape index (κ3) is 2.73. The number of amides is 2. The van der Waals surface area contributed by atoms with Gasteiger partial charge < -0.3 is 5.73 Å². The van der Waals surface area contributed by atoms with Gasteiger partial charge >= 0.3 is 0 Å². The topological polar surface area (TPSA) is 89.2 Å². The van der Waals surface area contributed by atoms with Gasteiger partial charge in [0.05, 0.1) is 6.54 Å². The first-order valence-electron chi connectivity index (χ1n) is 5.13. The molecule has 1 aliphatic rings. The molecule has 1 fully saturated rings. The fourth-order valence-corrected chi connectivity index (χ4v) is 2.33. The Morgan fingerprint density at radius 1 is 1.47 bits per heavy atom. The van der Waals surface area contributed by atoms with E-state index in [2.05, 4.69) is 9.97 Å². The zero-order valence-corrected chi connectivity index (χ0v) is 10.2. The molecule has 0 radical (unpaired) electrons. The van der Waals surface area contributed by atoms with Crippen LogP contribution in [-0.2, 0) is 11.3 Å². The van der Waals surface area contributed by atoms with Crippen LogP contribution in [0.15, 0.2) is 6.07 Å². The summed E-state index contributed by atoms with van der Waals surface area (Å²) in [6.45, 7) is 1.88. The summed E-state index contributed by atoms with van der Waals surface area (Å²) < 4.78 is 0. The van der Waals surface area contributed by atoms with E-state index >= 15 is 0 Å². The summed E-state index contributed by atoms with van der Waals surface area (Å²) in [4.78, 5) is 32.5. The minimum absolute atomic E-state index is 0.0938. The minimum Gasteiger partial charge on any atom is -0.384 e. The van der Waals surface area contributed by atoms with E-state index in [0.29, 0.717) is 23.8 Å². The predicted octanol–water partition coefficient (Wildman–Crippen LogP) is 0.953. The van der Waals surface area contributed by atoms with Crippen LogP contribution in [0.25, 0.3) is 0 Å². The SMILES string of the molecule is Cc1cc(N)nc(CN2C(=O)CCSC2=O)n1. The molecule has 2 amide bonds. The van der Waals surface area contributed by atoms with E-state index < -0.39 is 0 Å². The van der Waals surface area contributed by atoms with Gasteiger partial charge in [-0.25, -0.2) is 9.97 Å². The monoisotopic (exact) mass is 252 g/mol. The van der Waals surface area contributed by atoms with Crippen molar-refractivity contribution in [2.75, 3.05) is 11.5 Å². The van der Waals surface area contributed by atoms with Gasteiger partial charge in [0.15, 0.2) is 5.82 Å². The number of hydrogen-bond donors (Lipinski definition) is 1. The first-order chi connectivity index (χ1) is 8.06. The summed E-state index contributed by atoms with van der Waals surface area (Å²) >= 11 is 1.14. The van der Waals surface area contributed by atoms with Crippen LogP contribution in [-0.4, -0.2) is 31.8 Å². The van der Waals surface area contributed by atoms with E-state index in [4.69, 9.17) is 5.73 Å². The number of nitrogens with two attached hydrogens (primary N) is 1. The minimum atomic E-state index is -0.245. The number of rotatable bonds is 2. The molecule has 6 nitrogen and oxygen atoms in total. The molecule has 1 aromatic heterocycles. The molecule has 0 saturated carbocycles. The molecule has 0 bridgehead atoms. The fourth-order valence-electron chi connectivity index (χ4n) is 1.56. The molecule has 17 heavy (non-hydrogen) atoms. The number of carbonyl (C=O) groups excluding carboxylic acids is 2. The van der Waals surface area contributed by atoms with Gasteiger partial charge in [0.1, 0.15) is 5.82 Å². The van der Waals surface area contributed by atoms with Crippen molar-refractivity contribution < 1.29 is 9.59 Å². The third-order valence-electron chi connectivity index (χ3n) is 2.28.